The van der Waals surface area contributed by atoms with Gasteiger partial charge in [-0.05, 0) is 48.1 Å². The van der Waals surface area contributed by atoms with E-state index in [0.717, 1.165) is 41.7 Å². The molecule has 2 heterocycles. The molecule has 168 valence electrons. The second-order valence-electron chi connectivity index (χ2n) is 9.12. The first-order valence-corrected chi connectivity index (χ1v) is 11.7. The number of fused-ring (bicyclic) bond motifs is 4. The number of hydrogen-bond acceptors (Lipinski definition) is 4. The Morgan fingerprint density at radius 1 is 0.879 bits per heavy atom. The van der Waals surface area contributed by atoms with E-state index in [1.54, 1.807) is 0 Å². The Bertz CT molecular complexity index is 1150. The molecular weight excluding hydrogens is 414 g/mol. The first kappa shape index (κ1) is 20.3. The van der Waals surface area contributed by atoms with Gasteiger partial charge in [0.25, 0.3) is 5.91 Å². The summed E-state index contributed by atoms with van der Waals surface area (Å²) in [6.07, 6.45) is 2.93. The molecule has 0 saturated heterocycles. The lowest BCUT2D eigenvalue weighted by Crippen LogP contribution is -2.50. The maximum atomic E-state index is 13.7. The van der Waals surface area contributed by atoms with Crippen molar-refractivity contribution in [1.82, 2.24) is 4.90 Å². The number of nitrogens with zero attached hydrogens (tertiary/aromatic N) is 1. The zero-order chi connectivity index (χ0) is 22.2. The Labute approximate surface area is 193 Å². The minimum atomic E-state index is 0.0806. The number of benzene rings is 3. The van der Waals surface area contributed by atoms with Crippen molar-refractivity contribution in [3.8, 4) is 11.5 Å². The first-order chi connectivity index (χ1) is 16.3. The third-order valence-electron chi connectivity index (χ3n) is 7.13. The van der Waals surface area contributed by atoms with Crippen molar-refractivity contribution in [1.29, 1.82) is 0 Å². The Hall–Kier alpha value is -3.31. The highest BCUT2D eigenvalue weighted by molar-refractivity contribution is 5.98. The smallest absolute Gasteiger partial charge is 0.254 e. The number of carbonyl (C=O) groups excluding carboxylic acids is 1. The molecule has 5 nitrogen and oxygen atoms in total. The van der Waals surface area contributed by atoms with Crippen LogP contribution in [0.3, 0.4) is 0 Å². The second kappa shape index (κ2) is 8.56. The second-order valence-corrected chi connectivity index (χ2v) is 9.12. The molecule has 0 unspecified atom stereocenters. The Morgan fingerprint density at radius 3 is 2.33 bits per heavy atom. The summed E-state index contributed by atoms with van der Waals surface area (Å²) in [6.45, 7) is 1.44. The van der Waals surface area contributed by atoms with Gasteiger partial charge in [-0.15, -0.1) is 0 Å². The van der Waals surface area contributed by atoms with E-state index < -0.39 is 0 Å². The SMILES string of the molecule is O=C1c2cc3c(cc2[C@@H]2C[C@@H](OCc4ccccc4)CC[C@H]2N1Cc1ccccc1)OCO3. The van der Waals surface area contributed by atoms with Gasteiger partial charge in [-0.3, -0.25) is 4.79 Å². The normalized spacial score (nSPS) is 23.2. The summed E-state index contributed by atoms with van der Waals surface area (Å²) < 4.78 is 17.6. The molecule has 1 aliphatic carbocycles. The molecule has 1 amide bonds. The fraction of sp³-hybridized carbons (Fsp3) is 0.321. The van der Waals surface area contributed by atoms with Crippen molar-refractivity contribution in [2.24, 2.45) is 0 Å². The summed E-state index contributed by atoms with van der Waals surface area (Å²) in [6, 6.07) is 24.6. The summed E-state index contributed by atoms with van der Waals surface area (Å²) >= 11 is 0. The summed E-state index contributed by atoms with van der Waals surface area (Å²) in [5.74, 6) is 1.69. The Balaban J connectivity index is 1.30. The van der Waals surface area contributed by atoms with E-state index in [9.17, 15) is 4.79 Å². The van der Waals surface area contributed by atoms with Crippen molar-refractivity contribution in [2.45, 2.75) is 50.5 Å². The molecule has 1 fully saturated rings. The fourth-order valence-corrected chi connectivity index (χ4v) is 5.49. The van der Waals surface area contributed by atoms with Crippen molar-refractivity contribution in [2.75, 3.05) is 6.79 Å². The molecule has 0 aromatic heterocycles. The molecule has 1 saturated carbocycles. The minimum Gasteiger partial charge on any atom is -0.454 e. The molecular formula is C28H27NO4. The van der Waals surface area contributed by atoms with Crippen LogP contribution in [0.4, 0.5) is 0 Å². The largest absolute Gasteiger partial charge is 0.454 e. The number of rotatable bonds is 5. The van der Waals surface area contributed by atoms with Crippen LogP contribution in [0.15, 0.2) is 72.8 Å². The quantitative estimate of drug-likeness (QED) is 0.540. The van der Waals surface area contributed by atoms with Crippen molar-refractivity contribution in [3.05, 3.63) is 95.1 Å². The van der Waals surface area contributed by atoms with E-state index in [4.69, 9.17) is 14.2 Å². The van der Waals surface area contributed by atoms with Gasteiger partial charge in [0.2, 0.25) is 6.79 Å². The third-order valence-corrected chi connectivity index (χ3v) is 7.13. The van der Waals surface area contributed by atoms with E-state index in [1.807, 2.05) is 48.5 Å². The molecule has 3 aromatic carbocycles. The average Bonchev–Trinajstić information content (AvgIpc) is 3.33. The predicted octanol–water partition coefficient (Wildman–Crippen LogP) is 5.29. The van der Waals surface area contributed by atoms with Crippen LogP contribution >= 0.6 is 0 Å². The van der Waals surface area contributed by atoms with E-state index in [1.165, 1.54) is 5.56 Å². The lowest BCUT2D eigenvalue weighted by Gasteiger charge is -2.46. The van der Waals surface area contributed by atoms with Gasteiger partial charge in [0.05, 0.1) is 12.7 Å². The van der Waals surface area contributed by atoms with Gasteiger partial charge in [0.1, 0.15) is 0 Å². The highest BCUT2D eigenvalue weighted by Gasteiger charge is 2.44. The lowest BCUT2D eigenvalue weighted by molar-refractivity contribution is -0.0134. The first-order valence-electron chi connectivity index (χ1n) is 11.7. The third kappa shape index (κ3) is 3.87. The maximum Gasteiger partial charge on any atom is 0.254 e. The van der Waals surface area contributed by atoms with Crippen molar-refractivity contribution in [3.63, 3.8) is 0 Å². The highest BCUT2D eigenvalue weighted by Crippen LogP contribution is 2.47. The molecule has 0 radical (unpaired) electrons. The summed E-state index contributed by atoms with van der Waals surface area (Å²) in [5.41, 5.74) is 4.15. The van der Waals surface area contributed by atoms with E-state index in [2.05, 4.69) is 29.2 Å². The van der Waals surface area contributed by atoms with Crippen LogP contribution < -0.4 is 9.47 Å². The van der Waals surface area contributed by atoms with Crippen molar-refractivity contribution < 1.29 is 19.0 Å². The van der Waals surface area contributed by atoms with Gasteiger partial charge < -0.3 is 19.1 Å². The number of hydrogen-bond donors (Lipinski definition) is 0. The molecule has 0 N–H and O–H groups in total. The molecule has 0 bridgehead atoms. The monoisotopic (exact) mass is 441 g/mol. The van der Waals surface area contributed by atoms with Gasteiger partial charge in [-0.1, -0.05) is 60.7 Å². The molecule has 5 heteroatoms. The van der Waals surface area contributed by atoms with Crippen LogP contribution in [0.1, 0.15) is 52.2 Å². The number of carbonyl (C=O) groups is 1. The van der Waals surface area contributed by atoms with Crippen LogP contribution in [0, 0.1) is 0 Å². The standard InChI is InChI=1S/C28H27NO4/c30-28-24-15-27-26(32-18-33-27)14-22(24)23-13-21(31-17-20-9-5-2-6-10-20)11-12-25(23)29(28)16-19-7-3-1-4-8-19/h1-10,14-15,21,23,25H,11-13,16-18H2/t21-,23-,25+/m0/s1. The zero-order valence-corrected chi connectivity index (χ0v) is 18.5. The Morgan fingerprint density at radius 2 is 1.58 bits per heavy atom. The molecule has 3 aromatic rings. The van der Waals surface area contributed by atoms with Gasteiger partial charge >= 0.3 is 0 Å². The summed E-state index contributed by atoms with van der Waals surface area (Å²) in [5, 5.41) is 0. The Kier molecular flexibility index (Phi) is 5.27. The maximum absolute atomic E-state index is 13.7. The molecule has 33 heavy (non-hydrogen) atoms. The molecule has 2 aliphatic heterocycles. The van der Waals surface area contributed by atoms with Crippen LogP contribution in [0.5, 0.6) is 11.5 Å². The molecule has 3 atom stereocenters. The van der Waals surface area contributed by atoms with Gasteiger partial charge in [0.15, 0.2) is 11.5 Å². The molecule has 3 aliphatic rings. The van der Waals surface area contributed by atoms with E-state index in [-0.39, 0.29) is 30.8 Å². The summed E-state index contributed by atoms with van der Waals surface area (Å²) in [4.78, 5) is 15.7. The topological polar surface area (TPSA) is 48.0 Å². The number of amides is 1. The molecule has 6 rings (SSSR count). The predicted molar refractivity (Wildman–Crippen MR) is 124 cm³/mol. The van der Waals surface area contributed by atoms with Crippen LogP contribution in [-0.4, -0.2) is 29.7 Å². The number of ether oxygens (including phenoxy) is 3. The van der Waals surface area contributed by atoms with Crippen molar-refractivity contribution >= 4 is 5.91 Å². The fourth-order valence-electron chi connectivity index (χ4n) is 5.49. The van der Waals surface area contributed by atoms with Gasteiger partial charge in [-0.25, -0.2) is 0 Å². The van der Waals surface area contributed by atoms with Crippen LogP contribution in [0.25, 0.3) is 0 Å². The average molecular weight is 442 g/mol. The van der Waals surface area contributed by atoms with Gasteiger partial charge in [0, 0.05) is 24.1 Å². The minimum absolute atomic E-state index is 0.0806. The van der Waals surface area contributed by atoms with Gasteiger partial charge in [-0.2, -0.15) is 0 Å². The zero-order valence-electron chi connectivity index (χ0n) is 18.5. The van der Waals surface area contributed by atoms with E-state index >= 15 is 0 Å². The summed E-state index contributed by atoms with van der Waals surface area (Å²) in [7, 11) is 0. The van der Waals surface area contributed by atoms with E-state index in [0.29, 0.717) is 18.9 Å². The van der Waals surface area contributed by atoms with Crippen LogP contribution in [-0.2, 0) is 17.9 Å². The molecule has 0 spiro atoms. The highest BCUT2D eigenvalue weighted by atomic mass is 16.7. The van der Waals surface area contributed by atoms with Crippen LogP contribution in [0.2, 0.25) is 0 Å². The lowest BCUT2D eigenvalue weighted by atomic mass is 9.73.